The van der Waals surface area contributed by atoms with Gasteiger partial charge in [-0.25, -0.2) is 9.97 Å². The van der Waals surface area contributed by atoms with E-state index in [0.29, 0.717) is 17.2 Å². The summed E-state index contributed by atoms with van der Waals surface area (Å²) in [6.45, 7) is 0. The molecule has 4 heteroatoms. The third-order valence-corrected chi connectivity index (χ3v) is 2.14. The van der Waals surface area contributed by atoms with Crippen molar-refractivity contribution in [1.29, 1.82) is 0 Å². The fraction of sp³-hybridized carbons (Fsp3) is 0. The van der Waals surface area contributed by atoms with Crippen LogP contribution in [0.2, 0.25) is 0 Å². The molecule has 0 spiro atoms. The summed E-state index contributed by atoms with van der Waals surface area (Å²) in [5.74, 6) is 0. The normalized spacial score (nSPS) is 10.1. The van der Waals surface area contributed by atoms with E-state index in [0.717, 1.165) is 11.3 Å². The molecule has 0 saturated carbocycles. The van der Waals surface area contributed by atoms with Crippen molar-refractivity contribution in [1.82, 2.24) is 9.97 Å². The van der Waals surface area contributed by atoms with Crippen LogP contribution in [0.5, 0.6) is 0 Å². The molecule has 2 rings (SSSR count). The summed E-state index contributed by atoms with van der Waals surface area (Å²) >= 11 is 0.555. The number of hydrogen-bond donors (Lipinski definition) is 1. The monoisotopic (exact) mass is 204 g/mol. The van der Waals surface area contributed by atoms with Crippen LogP contribution in [0.4, 0.5) is 0 Å². The van der Waals surface area contributed by atoms with Gasteiger partial charge in [-0.3, -0.25) is 0 Å². The Bertz CT molecular complexity index is 419. The number of nitrogens with zero attached hydrogens (tertiary/aromatic N) is 2. The summed E-state index contributed by atoms with van der Waals surface area (Å²) < 4.78 is 8.80. The van der Waals surface area contributed by atoms with Gasteiger partial charge < -0.3 is 4.55 Å². The minimum absolute atomic E-state index is 0.367. The molecule has 1 N–H and O–H groups in total. The molecule has 0 atom stereocenters. The molecule has 1 heterocycles. The Morgan fingerprint density at radius 3 is 2.57 bits per heavy atom. The first-order valence-electron chi connectivity index (χ1n) is 4.10. The van der Waals surface area contributed by atoms with Gasteiger partial charge in [0, 0.05) is 11.8 Å². The van der Waals surface area contributed by atoms with Crippen molar-refractivity contribution in [2.24, 2.45) is 0 Å². The van der Waals surface area contributed by atoms with Gasteiger partial charge in [0.25, 0.3) is 0 Å². The van der Waals surface area contributed by atoms with E-state index in [4.69, 9.17) is 4.55 Å². The Kier molecular flexibility index (Phi) is 2.76. The lowest BCUT2D eigenvalue weighted by Gasteiger charge is -2.00. The van der Waals surface area contributed by atoms with E-state index in [-0.39, 0.29) is 0 Å². The number of hydrogen-bond acceptors (Lipinski definition) is 4. The van der Waals surface area contributed by atoms with Crippen molar-refractivity contribution in [3.63, 3.8) is 0 Å². The largest absolute Gasteiger partial charge is 0.323 e. The van der Waals surface area contributed by atoms with Crippen molar-refractivity contribution in [3.05, 3.63) is 42.6 Å². The van der Waals surface area contributed by atoms with Gasteiger partial charge in [-0.05, 0) is 6.07 Å². The van der Waals surface area contributed by atoms with Gasteiger partial charge >= 0.3 is 0 Å². The van der Waals surface area contributed by atoms with Crippen LogP contribution in [-0.2, 0) is 0 Å². The van der Waals surface area contributed by atoms with Gasteiger partial charge in [-0.1, -0.05) is 30.3 Å². The van der Waals surface area contributed by atoms with E-state index in [1.54, 1.807) is 6.20 Å². The smallest absolute Gasteiger partial charge is 0.215 e. The molecule has 0 aliphatic heterocycles. The summed E-state index contributed by atoms with van der Waals surface area (Å²) in [5.41, 5.74) is 1.84. The molecule has 14 heavy (non-hydrogen) atoms. The summed E-state index contributed by atoms with van der Waals surface area (Å²) in [4.78, 5) is 8.05. The molecule has 70 valence electrons. The highest BCUT2D eigenvalue weighted by Crippen LogP contribution is 2.17. The molecule has 0 radical (unpaired) electrons. The molecule has 1 aromatic carbocycles. The number of aromatic nitrogens is 2. The van der Waals surface area contributed by atoms with Crippen molar-refractivity contribution >= 4 is 12.0 Å². The lowest BCUT2D eigenvalue weighted by atomic mass is 10.1. The van der Waals surface area contributed by atoms with E-state index < -0.39 is 0 Å². The molecule has 0 unspecified atom stereocenters. The van der Waals surface area contributed by atoms with Crippen molar-refractivity contribution < 1.29 is 4.55 Å². The van der Waals surface area contributed by atoms with Gasteiger partial charge in [-0.2, -0.15) is 0 Å². The molecule has 0 aliphatic rings. The Hall–Kier alpha value is -1.39. The molecule has 0 aliphatic carbocycles. The van der Waals surface area contributed by atoms with E-state index in [9.17, 15) is 0 Å². The van der Waals surface area contributed by atoms with Crippen LogP contribution in [0.1, 0.15) is 0 Å². The predicted molar refractivity (Wildman–Crippen MR) is 56.0 cm³/mol. The predicted octanol–water partition coefficient (Wildman–Crippen LogP) is 2.71. The van der Waals surface area contributed by atoms with E-state index in [2.05, 4.69) is 9.97 Å². The fourth-order valence-corrected chi connectivity index (χ4v) is 1.40. The third-order valence-electron chi connectivity index (χ3n) is 1.78. The van der Waals surface area contributed by atoms with Crippen LogP contribution < -0.4 is 0 Å². The molecule has 2 aromatic rings. The van der Waals surface area contributed by atoms with E-state index in [1.165, 1.54) is 0 Å². The first-order chi connectivity index (χ1) is 6.90. The minimum atomic E-state index is 0.367. The van der Waals surface area contributed by atoms with E-state index >= 15 is 0 Å². The zero-order valence-electron chi connectivity index (χ0n) is 7.29. The second-order valence-electron chi connectivity index (χ2n) is 2.68. The fourth-order valence-electron chi connectivity index (χ4n) is 1.15. The Morgan fingerprint density at radius 2 is 1.86 bits per heavy atom. The van der Waals surface area contributed by atoms with Gasteiger partial charge in [0.1, 0.15) is 0 Å². The lowest BCUT2D eigenvalue weighted by molar-refractivity contribution is 0.654. The van der Waals surface area contributed by atoms with Gasteiger partial charge in [0.2, 0.25) is 5.16 Å². The molecule has 0 saturated heterocycles. The molecule has 1 aromatic heterocycles. The molecule has 0 bridgehead atoms. The van der Waals surface area contributed by atoms with Gasteiger partial charge in [-0.15, -0.1) is 0 Å². The molecular formula is C10H8N2OS. The average Bonchev–Trinajstić information content (AvgIpc) is 2.30. The summed E-state index contributed by atoms with van der Waals surface area (Å²) in [5, 5.41) is 0.367. The summed E-state index contributed by atoms with van der Waals surface area (Å²) in [6, 6.07) is 11.6. The molecule has 0 amide bonds. The lowest BCUT2D eigenvalue weighted by Crippen LogP contribution is -1.88. The Balaban J connectivity index is 2.42. The average molecular weight is 204 g/mol. The maximum Gasteiger partial charge on any atom is 0.215 e. The van der Waals surface area contributed by atoms with E-state index in [1.807, 2.05) is 36.4 Å². The Labute approximate surface area is 86.1 Å². The zero-order chi connectivity index (χ0) is 9.80. The first-order valence-corrected chi connectivity index (χ1v) is 4.87. The Morgan fingerprint density at radius 1 is 1.07 bits per heavy atom. The van der Waals surface area contributed by atoms with Crippen molar-refractivity contribution in [2.45, 2.75) is 5.16 Å². The zero-order valence-corrected chi connectivity index (χ0v) is 8.11. The van der Waals surface area contributed by atoms with Crippen LogP contribution >= 0.6 is 12.0 Å². The van der Waals surface area contributed by atoms with Crippen LogP contribution in [-0.4, -0.2) is 14.5 Å². The maximum absolute atomic E-state index is 8.80. The number of rotatable bonds is 2. The standard InChI is InChI=1S/C10H8N2OS/c13-14-10-11-7-6-9(12-10)8-4-2-1-3-5-8/h1-7,13H. The number of benzene rings is 1. The van der Waals surface area contributed by atoms with Crippen LogP contribution in [0.3, 0.4) is 0 Å². The van der Waals surface area contributed by atoms with Crippen LogP contribution in [0.15, 0.2) is 47.8 Å². The molecule has 3 nitrogen and oxygen atoms in total. The van der Waals surface area contributed by atoms with Gasteiger partial charge in [0.15, 0.2) is 0 Å². The quantitative estimate of drug-likeness (QED) is 0.603. The highest BCUT2D eigenvalue weighted by Gasteiger charge is 2.00. The second-order valence-corrected chi connectivity index (χ2v) is 3.23. The third kappa shape index (κ3) is 1.92. The van der Waals surface area contributed by atoms with Crippen molar-refractivity contribution in [3.8, 4) is 11.3 Å². The molecular weight excluding hydrogens is 196 g/mol. The second kappa shape index (κ2) is 4.21. The highest BCUT2D eigenvalue weighted by atomic mass is 32.2. The van der Waals surface area contributed by atoms with Crippen molar-refractivity contribution in [2.75, 3.05) is 0 Å². The molecule has 0 fully saturated rings. The summed E-state index contributed by atoms with van der Waals surface area (Å²) in [6.07, 6.45) is 1.63. The minimum Gasteiger partial charge on any atom is -0.323 e. The van der Waals surface area contributed by atoms with Crippen LogP contribution in [0, 0.1) is 0 Å². The van der Waals surface area contributed by atoms with Crippen LogP contribution in [0.25, 0.3) is 11.3 Å². The first kappa shape index (κ1) is 9.18. The maximum atomic E-state index is 8.80. The SMILES string of the molecule is OSc1nccc(-c2ccccc2)n1. The summed E-state index contributed by atoms with van der Waals surface area (Å²) in [7, 11) is 0. The van der Waals surface area contributed by atoms with Gasteiger partial charge in [0.05, 0.1) is 17.7 Å². The topological polar surface area (TPSA) is 46.0 Å². The highest BCUT2D eigenvalue weighted by molar-refractivity contribution is 7.93.